The Bertz CT molecular complexity index is 384. The molecule has 0 heterocycles. The molecule has 1 aliphatic rings. The minimum atomic E-state index is -0.253. The van der Waals surface area contributed by atoms with Gasteiger partial charge in [0.15, 0.2) is 0 Å². The Morgan fingerprint density at radius 1 is 1.18 bits per heavy atom. The summed E-state index contributed by atoms with van der Waals surface area (Å²) in [5.74, 6) is 1.33. The number of rotatable bonds is 2. The summed E-state index contributed by atoms with van der Waals surface area (Å²) in [6, 6.07) is 4.71. The summed E-state index contributed by atoms with van der Waals surface area (Å²) in [7, 11) is 0. The number of halogens is 1. The second-order valence-electron chi connectivity index (χ2n) is 5.34. The van der Waals surface area contributed by atoms with Crippen LogP contribution in [0.3, 0.4) is 0 Å². The molecule has 0 saturated heterocycles. The second kappa shape index (κ2) is 5.30. The molecule has 1 nitrogen and oxygen atoms in total. The van der Waals surface area contributed by atoms with E-state index in [-0.39, 0.29) is 5.82 Å². The Labute approximate surface area is 107 Å². The third kappa shape index (κ3) is 3.38. The highest BCUT2D eigenvalue weighted by Crippen LogP contribution is 2.40. The van der Waals surface area contributed by atoms with Gasteiger partial charge in [0.05, 0.1) is 0 Å². The minimum Gasteiger partial charge on any atom is -0.398 e. The Morgan fingerprint density at radius 2 is 1.82 bits per heavy atom. The van der Waals surface area contributed by atoms with E-state index in [9.17, 15) is 4.39 Å². The van der Waals surface area contributed by atoms with Crippen molar-refractivity contribution < 1.29 is 4.39 Å². The molecular weight excluding hydrogens is 233 g/mol. The lowest BCUT2D eigenvalue weighted by Gasteiger charge is -2.31. The van der Waals surface area contributed by atoms with Crippen LogP contribution < -0.4 is 5.73 Å². The van der Waals surface area contributed by atoms with Crippen LogP contribution in [0.2, 0.25) is 0 Å². The average molecular weight is 253 g/mol. The molecule has 2 rings (SSSR count). The van der Waals surface area contributed by atoms with Gasteiger partial charge in [-0.3, -0.25) is 0 Å². The van der Waals surface area contributed by atoms with Gasteiger partial charge in [0.25, 0.3) is 0 Å². The van der Waals surface area contributed by atoms with E-state index >= 15 is 0 Å². The van der Waals surface area contributed by atoms with Crippen molar-refractivity contribution in [1.82, 2.24) is 0 Å². The highest BCUT2D eigenvalue weighted by Gasteiger charge is 2.25. The first-order valence-corrected chi connectivity index (χ1v) is 7.14. The SMILES string of the molecule is CC1CC(C)CC(Sc2ccc(F)cc2N)C1. The lowest BCUT2D eigenvalue weighted by molar-refractivity contribution is 0.309. The smallest absolute Gasteiger partial charge is 0.125 e. The number of hydrogen-bond donors (Lipinski definition) is 1. The molecule has 0 bridgehead atoms. The Hall–Kier alpha value is -0.700. The zero-order valence-corrected chi connectivity index (χ0v) is 11.3. The maximum atomic E-state index is 13.0. The lowest BCUT2D eigenvalue weighted by Crippen LogP contribution is -2.21. The zero-order valence-electron chi connectivity index (χ0n) is 10.4. The lowest BCUT2D eigenvalue weighted by atomic mass is 9.83. The van der Waals surface area contributed by atoms with Crippen LogP contribution in [0.25, 0.3) is 0 Å². The molecule has 2 unspecified atom stereocenters. The molecule has 1 aliphatic carbocycles. The molecular formula is C14H20FNS. The molecule has 1 aromatic rings. The van der Waals surface area contributed by atoms with Crippen molar-refractivity contribution in [3.63, 3.8) is 0 Å². The van der Waals surface area contributed by atoms with Crippen LogP contribution in [-0.2, 0) is 0 Å². The molecule has 2 atom stereocenters. The number of nitrogens with two attached hydrogens (primary N) is 1. The Morgan fingerprint density at radius 3 is 2.41 bits per heavy atom. The van der Waals surface area contributed by atoms with Gasteiger partial charge in [-0.05, 0) is 49.3 Å². The first-order chi connectivity index (χ1) is 8.04. The number of hydrogen-bond acceptors (Lipinski definition) is 2. The van der Waals surface area contributed by atoms with Gasteiger partial charge in [-0.25, -0.2) is 4.39 Å². The fourth-order valence-electron chi connectivity index (χ4n) is 2.78. The van der Waals surface area contributed by atoms with E-state index in [0.717, 1.165) is 16.7 Å². The van der Waals surface area contributed by atoms with Crippen molar-refractivity contribution in [1.29, 1.82) is 0 Å². The summed E-state index contributed by atoms with van der Waals surface area (Å²) in [4.78, 5) is 1.03. The maximum absolute atomic E-state index is 13.0. The van der Waals surface area contributed by atoms with E-state index in [1.807, 2.05) is 11.8 Å². The fraction of sp³-hybridized carbons (Fsp3) is 0.571. The van der Waals surface area contributed by atoms with Crippen LogP contribution in [-0.4, -0.2) is 5.25 Å². The van der Waals surface area contributed by atoms with Crippen LogP contribution in [0, 0.1) is 17.7 Å². The molecule has 0 radical (unpaired) electrons. The van der Waals surface area contributed by atoms with E-state index in [4.69, 9.17) is 5.73 Å². The summed E-state index contributed by atoms with van der Waals surface area (Å²) in [6.07, 6.45) is 3.81. The molecule has 1 fully saturated rings. The van der Waals surface area contributed by atoms with Gasteiger partial charge in [-0.1, -0.05) is 13.8 Å². The Balaban J connectivity index is 2.04. The molecule has 0 aliphatic heterocycles. The van der Waals surface area contributed by atoms with Crippen molar-refractivity contribution in [3.05, 3.63) is 24.0 Å². The predicted molar refractivity (Wildman–Crippen MR) is 72.6 cm³/mol. The second-order valence-corrected chi connectivity index (χ2v) is 6.68. The normalized spacial score (nSPS) is 29.2. The first kappa shape index (κ1) is 12.7. The van der Waals surface area contributed by atoms with Crippen LogP contribution in [0.15, 0.2) is 23.1 Å². The minimum absolute atomic E-state index is 0.253. The van der Waals surface area contributed by atoms with Crippen LogP contribution in [0.5, 0.6) is 0 Å². The number of nitrogen functional groups attached to an aromatic ring is 1. The van der Waals surface area contributed by atoms with Crippen molar-refractivity contribution in [2.45, 2.75) is 43.3 Å². The van der Waals surface area contributed by atoms with Crippen molar-refractivity contribution in [2.24, 2.45) is 11.8 Å². The van der Waals surface area contributed by atoms with E-state index < -0.39 is 0 Å². The van der Waals surface area contributed by atoms with Gasteiger partial charge in [-0.2, -0.15) is 0 Å². The van der Waals surface area contributed by atoms with Crippen LogP contribution in [0.4, 0.5) is 10.1 Å². The highest BCUT2D eigenvalue weighted by molar-refractivity contribution is 8.00. The number of thioether (sulfide) groups is 1. The summed E-state index contributed by atoms with van der Waals surface area (Å²) < 4.78 is 13.0. The summed E-state index contributed by atoms with van der Waals surface area (Å²) in [6.45, 7) is 4.63. The molecule has 94 valence electrons. The van der Waals surface area contributed by atoms with E-state index in [2.05, 4.69) is 13.8 Å². The first-order valence-electron chi connectivity index (χ1n) is 6.26. The average Bonchev–Trinajstić information content (AvgIpc) is 2.21. The monoisotopic (exact) mass is 253 g/mol. The van der Waals surface area contributed by atoms with Gasteiger partial charge < -0.3 is 5.73 Å². The Kier molecular flexibility index (Phi) is 3.97. The van der Waals surface area contributed by atoms with Gasteiger partial charge >= 0.3 is 0 Å². The molecule has 3 heteroatoms. The third-order valence-corrected chi connectivity index (χ3v) is 4.74. The van der Waals surface area contributed by atoms with Gasteiger partial charge in [0, 0.05) is 15.8 Å². The van der Waals surface area contributed by atoms with Gasteiger partial charge in [0.2, 0.25) is 0 Å². The quantitative estimate of drug-likeness (QED) is 0.794. The molecule has 0 spiro atoms. The third-order valence-electron chi connectivity index (χ3n) is 3.40. The fourth-order valence-corrected chi connectivity index (χ4v) is 4.33. The number of benzene rings is 1. The summed E-state index contributed by atoms with van der Waals surface area (Å²) in [5.41, 5.74) is 6.42. The maximum Gasteiger partial charge on any atom is 0.125 e. The molecule has 0 aromatic heterocycles. The summed E-state index contributed by atoms with van der Waals surface area (Å²) in [5, 5.41) is 0.626. The van der Waals surface area contributed by atoms with Crippen molar-refractivity contribution in [3.8, 4) is 0 Å². The molecule has 0 amide bonds. The van der Waals surface area contributed by atoms with Crippen LogP contribution >= 0.6 is 11.8 Å². The predicted octanol–water partition coefficient (Wildman–Crippen LogP) is 4.32. The van der Waals surface area contributed by atoms with Gasteiger partial charge in [-0.15, -0.1) is 11.8 Å². The van der Waals surface area contributed by atoms with E-state index in [1.165, 1.54) is 31.4 Å². The van der Waals surface area contributed by atoms with Crippen molar-refractivity contribution in [2.75, 3.05) is 5.73 Å². The topological polar surface area (TPSA) is 26.0 Å². The largest absolute Gasteiger partial charge is 0.398 e. The van der Waals surface area contributed by atoms with Gasteiger partial charge in [0.1, 0.15) is 5.82 Å². The molecule has 2 N–H and O–H groups in total. The standard InChI is InChI=1S/C14H20FNS/c1-9-5-10(2)7-12(6-9)17-14-4-3-11(15)8-13(14)16/h3-4,8-10,12H,5-7,16H2,1-2H3. The summed E-state index contributed by atoms with van der Waals surface area (Å²) >= 11 is 1.82. The van der Waals surface area contributed by atoms with Crippen LogP contribution in [0.1, 0.15) is 33.1 Å². The van der Waals surface area contributed by atoms with Crippen molar-refractivity contribution >= 4 is 17.4 Å². The number of anilines is 1. The molecule has 1 saturated carbocycles. The van der Waals surface area contributed by atoms with E-state index in [1.54, 1.807) is 6.07 Å². The van der Waals surface area contributed by atoms with E-state index in [0.29, 0.717) is 10.9 Å². The zero-order chi connectivity index (χ0) is 12.4. The highest BCUT2D eigenvalue weighted by atomic mass is 32.2. The molecule has 17 heavy (non-hydrogen) atoms. The molecule has 1 aromatic carbocycles.